The number of amides is 2. The lowest BCUT2D eigenvalue weighted by Gasteiger charge is -2.21. The number of esters is 1. The van der Waals surface area contributed by atoms with Gasteiger partial charge in [-0.15, -0.1) is 0 Å². The molecule has 2 unspecified atom stereocenters. The van der Waals surface area contributed by atoms with E-state index in [2.05, 4.69) is 10.1 Å². The summed E-state index contributed by atoms with van der Waals surface area (Å²) < 4.78 is 4.51. The maximum atomic E-state index is 11.4. The number of methoxy groups -OCH3 is 1. The number of aliphatic hydroxyl groups excluding tert-OH is 1. The number of carbonyl (C=O) groups excluding carboxylic acids is 2. The number of carboxylic acid groups (broad SMARTS) is 1. The molecule has 0 heterocycles. The molecule has 0 radical (unpaired) electrons. The summed E-state index contributed by atoms with van der Waals surface area (Å²) in [5, 5.41) is 21.7. The lowest BCUT2D eigenvalue weighted by atomic mass is 10.1. The molecule has 0 aliphatic carbocycles. The van der Waals surface area contributed by atoms with Crippen LogP contribution in [-0.4, -0.2) is 54.0 Å². The van der Waals surface area contributed by atoms with Crippen LogP contribution in [0.4, 0.5) is 4.79 Å². The van der Waals surface area contributed by atoms with E-state index in [0.29, 0.717) is 0 Å². The monoisotopic (exact) mass is 262 g/mol. The molecule has 2 amide bonds. The van der Waals surface area contributed by atoms with E-state index in [-0.39, 0.29) is 5.92 Å². The predicted octanol–water partition coefficient (Wildman–Crippen LogP) is -1.07. The van der Waals surface area contributed by atoms with Gasteiger partial charge in [-0.2, -0.15) is 0 Å². The molecule has 0 aromatic carbocycles. The molecule has 104 valence electrons. The fourth-order valence-electron chi connectivity index (χ4n) is 1.15. The summed E-state index contributed by atoms with van der Waals surface area (Å²) >= 11 is 0. The summed E-state index contributed by atoms with van der Waals surface area (Å²) in [5.41, 5.74) is 0. The summed E-state index contributed by atoms with van der Waals surface area (Å²) in [4.78, 5) is 33.4. The molecule has 0 aromatic rings. The van der Waals surface area contributed by atoms with Crippen LogP contribution in [0.25, 0.3) is 0 Å². The number of ether oxygens (including phenoxy) is 1. The zero-order valence-electron chi connectivity index (χ0n) is 10.5. The summed E-state index contributed by atoms with van der Waals surface area (Å²) in [5.74, 6) is -2.22. The standard InChI is InChI=1S/C10H18N2O6/c1-5(2)7(9(16)18-3)12-10(17)11-6(4-13)8(14)15/h5-7,13H,4H2,1-3H3,(H,14,15)(H2,11,12,17). The van der Waals surface area contributed by atoms with E-state index in [0.717, 1.165) is 0 Å². The molecule has 0 aromatic heterocycles. The van der Waals surface area contributed by atoms with Crippen LogP contribution in [0.2, 0.25) is 0 Å². The zero-order valence-corrected chi connectivity index (χ0v) is 10.5. The molecule has 0 aliphatic heterocycles. The smallest absolute Gasteiger partial charge is 0.328 e. The van der Waals surface area contributed by atoms with Gasteiger partial charge in [0.25, 0.3) is 0 Å². The average Bonchev–Trinajstić information content (AvgIpc) is 2.31. The molecular formula is C10H18N2O6. The van der Waals surface area contributed by atoms with Gasteiger partial charge >= 0.3 is 18.0 Å². The summed E-state index contributed by atoms with van der Waals surface area (Å²) in [7, 11) is 1.19. The normalized spacial score (nSPS) is 13.6. The van der Waals surface area contributed by atoms with Crippen molar-refractivity contribution in [2.75, 3.05) is 13.7 Å². The van der Waals surface area contributed by atoms with Crippen molar-refractivity contribution < 1.29 is 29.3 Å². The van der Waals surface area contributed by atoms with Crippen molar-refractivity contribution in [2.24, 2.45) is 5.92 Å². The highest BCUT2D eigenvalue weighted by molar-refractivity contribution is 5.86. The first-order valence-corrected chi connectivity index (χ1v) is 5.32. The molecule has 0 saturated heterocycles. The number of urea groups is 1. The van der Waals surface area contributed by atoms with Gasteiger partial charge in [0.05, 0.1) is 13.7 Å². The third-order valence-corrected chi connectivity index (χ3v) is 2.19. The average molecular weight is 262 g/mol. The van der Waals surface area contributed by atoms with Crippen LogP contribution in [0, 0.1) is 5.92 Å². The van der Waals surface area contributed by atoms with E-state index in [1.54, 1.807) is 13.8 Å². The fraction of sp³-hybridized carbons (Fsp3) is 0.700. The lowest BCUT2D eigenvalue weighted by molar-refractivity contribution is -0.144. The van der Waals surface area contributed by atoms with E-state index in [1.807, 2.05) is 5.32 Å². The number of carbonyl (C=O) groups is 3. The van der Waals surface area contributed by atoms with Crippen molar-refractivity contribution in [2.45, 2.75) is 25.9 Å². The number of aliphatic carboxylic acids is 1. The lowest BCUT2D eigenvalue weighted by Crippen LogP contribution is -2.53. The maximum absolute atomic E-state index is 11.4. The molecule has 2 atom stereocenters. The topological polar surface area (TPSA) is 125 Å². The number of rotatable bonds is 6. The molecule has 0 saturated carbocycles. The molecule has 0 spiro atoms. The van der Waals surface area contributed by atoms with Crippen LogP contribution < -0.4 is 10.6 Å². The third kappa shape index (κ3) is 5.00. The van der Waals surface area contributed by atoms with Crippen molar-refractivity contribution in [3.63, 3.8) is 0 Å². The van der Waals surface area contributed by atoms with E-state index < -0.39 is 36.7 Å². The van der Waals surface area contributed by atoms with Gasteiger partial charge in [-0.3, -0.25) is 0 Å². The Balaban J connectivity index is 4.52. The molecule has 8 nitrogen and oxygen atoms in total. The van der Waals surface area contributed by atoms with Crippen LogP contribution in [0.1, 0.15) is 13.8 Å². The molecule has 0 fully saturated rings. The fourth-order valence-corrected chi connectivity index (χ4v) is 1.15. The van der Waals surface area contributed by atoms with Crippen LogP contribution in [0.15, 0.2) is 0 Å². The Bertz CT molecular complexity index is 317. The summed E-state index contributed by atoms with van der Waals surface area (Å²) in [6.45, 7) is 2.65. The molecule has 18 heavy (non-hydrogen) atoms. The maximum Gasteiger partial charge on any atom is 0.328 e. The molecular weight excluding hydrogens is 244 g/mol. The Morgan fingerprint density at radius 3 is 2.11 bits per heavy atom. The van der Waals surface area contributed by atoms with Crippen LogP contribution in [0.3, 0.4) is 0 Å². The number of carboxylic acids is 1. The predicted molar refractivity (Wildman–Crippen MR) is 60.8 cm³/mol. The molecule has 0 rings (SSSR count). The molecule has 0 bridgehead atoms. The highest BCUT2D eigenvalue weighted by Gasteiger charge is 2.26. The number of nitrogens with one attached hydrogen (secondary N) is 2. The first-order valence-electron chi connectivity index (χ1n) is 5.32. The molecule has 0 aliphatic rings. The Kier molecular flexibility index (Phi) is 6.73. The SMILES string of the molecule is COC(=O)C(NC(=O)NC(CO)C(=O)O)C(C)C. The first-order chi connectivity index (χ1) is 8.33. The highest BCUT2D eigenvalue weighted by atomic mass is 16.5. The Labute approximate surface area is 104 Å². The minimum Gasteiger partial charge on any atom is -0.480 e. The summed E-state index contributed by atoms with van der Waals surface area (Å²) in [6.07, 6.45) is 0. The van der Waals surface area contributed by atoms with Gasteiger partial charge in [0, 0.05) is 0 Å². The van der Waals surface area contributed by atoms with E-state index in [4.69, 9.17) is 10.2 Å². The quantitative estimate of drug-likeness (QED) is 0.452. The van der Waals surface area contributed by atoms with Gasteiger partial charge in [-0.1, -0.05) is 13.8 Å². The largest absolute Gasteiger partial charge is 0.480 e. The van der Waals surface area contributed by atoms with Crippen LogP contribution in [-0.2, 0) is 14.3 Å². The number of aliphatic hydroxyl groups is 1. The first kappa shape index (κ1) is 16.2. The number of hydrogen-bond acceptors (Lipinski definition) is 5. The Morgan fingerprint density at radius 2 is 1.78 bits per heavy atom. The van der Waals surface area contributed by atoms with Crippen molar-refractivity contribution >= 4 is 18.0 Å². The van der Waals surface area contributed by atoms with Crippen molar-refractivity contribution in [3.05, 3.63) is 0 Å². The van der Waals surface area contributed by atoms with E-state index in [1.165, 1.54) is 7.11 Å². The zero-order chi connectivity index (χ0) is 14.3. The second-order valence-corrected chi connectivity index (χ2v) is 3.94. The Morgan fingerprint density at radius 1 is 1.22 bits per heavy atom. The van der Waals surface area contributed by atoms with Gasteiger partial charge in [0.15, 0.2) is 6.04 Å². The van der Waals surface area contributed by atoms with Crippen molar-refractivity contribution in [1.29, 1.82) is 0 Å². The van der Waals surface area contributed by atoms with Gasteiger partial charge < -0.3 is 25.6 Å². The van der Waals surface area contributed by atoms with Crippen LogP contribution >= 0.6 is 0 Å². The molecule has 4 N–H and O–H groups in total. The van der Waals surface area contributed by atoms with Crippen molar-refractivity contribution in [3.8, 4) is 0 Å². The Hall–Kier alpha value is -1.83. The minimum atomic E-state index is -1.42. The van der Waals surface area contributed by atoms with Gasteiger partial charge in [0.1, 0.15) is 6.04 Å². The van der Waals surface area contributed by atoms with Gasteiger partial charge in [0.2, 0.25) is 0 Å². The van der Waals surface area contributed by atoms with Crippen molar-refractivity contribution in [1.82, 2.24) is 10.6 Å². The van der Waals surface area contributed by atoms with E-state index >= 15 is 0 Å². The minimum absolute atomic E-state index is 0.222. The number of hydrogen-bond donors (Lipinski definition) is 4. The third-order valence-electron chi connectivity index (χ3n) is 2.19. The second kappa shape index (κ2) is 7.49. The second-order valence-electron chi connectivity index (χ2n) is 3.94. The van der Waals surface area contributed by atoms with Gasteiger partial charge in [-0.25, -0.2) is 14.4 Å². The van der Waals surface area contributed by atoms with Crippen LogP contribution in [0.5, 0.6) is 0 Å². The summed E-state index contributed by atoms with van der Waals surface area (Å²) in [6, 6.07) is -3.17. The van der Waals surface area contributed by atoms with Gasteiger partial charge in [-0.05, 0) is 5.92 Å². The molecule has 8 heteroatoms. The highest BCUT2D eigenvalue weighted by Crippen LogP contribution is 2.03. The van der Waals surface area contributed by atoms with E-state index in [9.17, 15) is 14.4 Å².